The van der Waals surface area contributed by atoms with E-state index in [0.717, 1.165) is 38.9 Å². The van der Waals surface area contributed by atoms with Gasteiger partial charge in [-0.1, -0.05) is 18.2 Å². The van der Waals surface area contributed by atoms with Crippen molar-refractivity contribution >= 4 is 21.8 Å². The molecule has 0 atom stereocenters. The van der Waals surface area contributed by atoms with Gasteiger partial charge in [-0.2, -0.15) is 5.10 Å². The number of methoxy groups -OCH3 is 2. The summed E-state index contributed by atoms with van der Waals surface area (Å²) >= 11 is 0. The molecule has 4 rings (SSSR count). The molecule has 4 aromatic rings. The van der Waals surface area contributed by atoms with E-state index in [4.69, 9.17) is 14.6 Å². The Bertz CT molecular complexity index is 1040. The Balaban J connectivity index is 2.17. The second-order valence-electron chi connectivity index (χ2n) is 5.58. The number of fused-ring (bicyclic) bond motifs is 3. The molecule has 0 saturated carbocycles. The van der Waals surface area contributed by atoms with E-state index in [0.29, 0.717) is 5.75 Å². The van der Waals surface area contributed by atoms with Gasteiger partial charge in [0.1, 0.15) is 11.5 Å². The number of benzene rings is 2. The number of ether oxygens (including phenoxy) is 2. The maximum absolute atomic E-state index is 5.62. The van der Waals surface area contributed by atoms with Gasteiger partial charge in [0.15, 0.2) is 0 Å². The fourth-order valence-electron chi connectivity index (χ4n) is 3.02. The standard InChI is InChI=1S/C19H17N3O2/c1-12-15-11-20-16-9-14(23-2)10-17(24-3)18(16)19(15)22(21-12)13-7-5-4-6-8-13/h4-11H,1-3H3. The second-order valence-corrected chi connectivity index (χ2v) is 5.58. The van der Waals surface area contributed by atoms with Gasteiger partial charge in [0, 0.05) is 23.7 Å². The number of aryl methyl sites for hydroxylation is 1. The van der Waals surface area contributed by atoms with Crippen molar-refractivity contribution in [1.82, 2.24) is 14.8 Å². The van der Waals surface area contributed by atoms with Crippen LogP contribution in [0.1, 0.15) is 5.69 Å². The zero-order valence-corrected chi connectivity index (χ0v) is 13.8. The van der Waals surface area contributed by atoms with Crippen molar-refractivity contribution in [3.05, 3.63) is 54.4 Å². The lowest BCUT2D eigenvalue weighted by atomic mass is 10.1. The molecule has 2 heterocycles. The molecular formula is C19H17N3O2. The average Bonchev–Trinajstić information content (AvgIpc) is 2.98. The van der Waals surface area contributed by atoms with E-state index in [2.05, 4.69) is 4.98 Å². The summed E-state index contributed by atoms with van der Waals surface area (Å²) in [6.07, 6.45) is 1.86. The van der Waals surface area contributed by atoms with Gasteiger partial charge in [-0.3, -0.25) is 4.98 Å². The molecule has 0 unspecified atom stereocenters. The van der Waals surface area contributed by atoms with E-state index in [1.165, 1.54) is 0 Å². The fraction of sp³-hybridized carbons (Fsp3) is 0.158. The lowest BCUT2D eigenvalue weighted by molar-refractivity contribution is 0.398. The normalized spacial score (nSPS) is 11.1. The van der Waals surface area contributed by atoms with Crippen molar-refractivity contribution in [3.8, 4) is 17.2 Å². The monoisotopic (exact) mass is 319 g/mol. The molecule has 2 aromatic carbocycles. The molecule has 0 aliphatic heterocycles. The van der Waals surface area contributed by atoms with Gasteiger partial charge in [-0.15, -0.1) is 0 Å². The summed E-state index contributed by atoms with van der Waals surface area (Å²) < 4.78 is 12.9. The van der Waals surface area contributed by atoms with E-state index < -0.39 is 0 Å². The molecule has 0 aliphatic carbocycles. The topological polar surface area (TPSA) is 49.2 Å². The summed E-state index contributed by atoms with van der Waals surface area (Å²) in [5, 5.41) is 6.66. The van der Waals surface area contributed by atoms with Gasteiger partial charge in [-0.05, 0) is 19.1 Å². The van der Waals surface area contributed by atoms with Crippen LogP contribution in [-0.4, -0.2) is 29.0 Å². The van der Waals surface area contributed by atoms with Crippen LogP contribution in [0.25, 0.3) is 27.5 Å². The van der Waals surface area contributed by atoms with Gasteiger partial charge < -0.3 is 9.47 Å². The van der Waals surface area contributed by atoms with E-state index in [9.17, 15) is 0 Å². The lowest BCUT2D eigenvalue weighted by Crippen LogP contribution is -1.98. The third-order valence-electron chi connectivity index (χ3n) is 4.19. The van der Waals surface area contributed by atoms with E-state index in [1.807, 2.05) is 60.3 Å². The highest BCUT2D eigenvalue weighted by atomic mass is 16.5. The average molecular weight is 319 g/mol. The first kappa shape index (κ1) is 14.5. The number of nitrogens with zero attached hydrogens (tertiary/aromatic N) is 3. The molecule has 0 radical (unpaired) electrons. The number of aromatic nitrogens is 3. The van der Waals surface area contributed by atoms with Crippen molar-refractivity contribution in [2.75, 3.05) is 14.2 Å². The summed E-state index contributed by atoms with van der Waals surface area (Å²) in [6, 6.07) is 13.9. The Morgan fingerprint density at radius 2 is 1.79 bits per heavy atom. The molecule has 0 fully saturated rings. The third kappa shape index (κ3) is 2.09. The van der Waals surface area contributed by atoms with Crippen molar-refractivity contribution in [1.29, 1.82) is 0 Å². The summed E-state index contributed by atoms with van der Waals surface area (Å²) in [5.41, 5.74) is 3.74. The molecule has 0 bridgehead atoms. The number of rotatable bonds is 3. The summed E-state index contributed by atoms with van der Waals surface area (Å²) in [6.45, 7) is 1.99. The molecule has 0 aliphatic rings. The van der Waals surface area contributed by atoms with Gasteiger partial charge in [0.05, 0.1) is 42.0 Å². The predicted octanol–water partition coefficient (Wildman–Crippen LogP) is 3.90. The zero-order chi connectivity index (χ0) is 16.7. The van der Waals surface area contributed by atoms with Gasteiger partial charge in [0.2, 0.25) is 0 Å². The minimum atomic E-state index is 0.716. The Hall–Kier alpha value is -3.08. The number of hydrogen-bond acceptors (Lipinski definition) is 4. The molecule has 24 heavy (non-hydrogen) atoms. The predicted molar refractivity (Wildman–Crippen MR) is 94.2 cm³/mol. The van der Waals surface area contributed by atoms with Crippen LogP contribution >= 0.6 is 0 Å². The molecular weight excluding hydrogens is 302 g/mol. The number of para-hydroxylation sites is 1. The molecule has 0 spiro atoms. The van der Waals surface area contributed by atoms with Crippen LogP contribution in [0.2, 0.25) is 0 Å². The van der Waals surface area contributed by atoms with E-state index in [1.54, 1.807) is 14.2 Å². The van der Waals surface area contributed by atoms with E-state index in [-0.39, 0.29) is 0 Å². The maximum atomic E-state index is 5.62. The van der Waals surface area contributed by atoms with Gasteiger partial charge >= 0.3 is 0 Å². The molecule has 120 valence electrons. The van der Waals surface area contributed by atoms with Crippen molar-refractivity contribution in [3.63, 3.8) is 0 Å². The Morgan fingerprint density at radius 3 is 2.50 bits per heavy atom. The van der Waals surface area contributed by atoms with Crippen LogP contribution in [0.5, 0.6) is 11.5 Å². The molecule has 0 amide bonds. The Labute approximate surface area is 139 Å². The van der Waals surface area contributed by atoms with Crippen LogP contribution < -0.4 is 9.47 Å². The van der Waals surface area contributed by atoms with Crippen LogP contribution in [-0.2, 0) is 0 Å². The first-order valence-corrected chi connectivity index (χ1v) is 7.68. The maximum Gasteiger partial charge on any atom is 0.134 e. The quantitative estimate of drug-likeness (QED) is 0.574. The van der Waals surface area contributed by atoms with Crippen LogP contribution in [0.4, 0.5) is 0 Å². The molecule has 0 N–H and O–H groups in total. The minimum absolute atomic E-state index is 0.716. The zero-order valence-electron chi connectivity index (χ0n) is 13.8. The molecule has 0 saturated heterocycles. The lowest BCUT2D eigenvalue weighted by Gasteiger charge is -2.11. The summed E-state index contributed by atoms with van der Waals surface area (Å²) in [7, 11) is 3.29. The van der Waals surface area contributed by atoms with Crippen molar-refractivity contribution < 1.29 is 9.47 Å². The smallest absolute Gasteiger partial charge is 0.134 e. The Kier molecular flexibility index (Phi) is 3.34. The summed E-state index contributed by atoms with van der Waals surface area (Å²) in [5.74, 6) is 1.44. The first-order valence-electron chi connectivity index (χ1n) is 7.68. The number of hydrogen-bond donors (Lipinski definition) is 0. The third-order valence-corrected chi connectivity index (χ3v) is 4.19. The van der Waals surface area contributed by atoms with Gasteiger partial charge in [0.25, 0.3) is 0 Å². The minimum Gasteiger partial charge on any atom is -0.497 e. The highest BCUT2D eigenvalue weighted by Gasteiger charge is 2.17. The number of pyridine rings is 1. The summed E-state index contributed by atoms with van der Waals surface area (Å²) in [4.78, 5) is 4.58. The van der Waals surface area contributed by atoms with Crippen LogP contribution in [0.15, 0.2) is 48.7 Å². The van der Waals surface area contributed by atoms with Crippen molar-refractivity contribution in [2.45, 2.75) is 6.92 Å². The van der Waals surface area contributed by atoms with Crippen LogP contribution in [0, 0.1) is 6.92 Å². The largest absolute Gasteiger partial charge is 0.497 e. The second kappa shape index (κ2) is 5.53. The highest BCUT2D eigenvalue weighted by Crippen LogP contribution is 2.36. The Morgan fingerprint density at radius 1 is 1.00 bits per heavy atom. The highest BCUT2D eigenvalue weighted by molar-refractivity contribution is 6.08. The van der Waals surface area contributed by atoms with Crippen molar-refractivity contribution in [2.24, 2.45) is 0 Å². The molecule has 5 nitrogen and oxygen atoms in total. The molecule has 5 heteroatoms. The fourth-order valence-corrected chi connectivity index (χ4v) is 3.02. The molecule has 2 aromatic heterocycles. The van der Waals surface area contributed by atoms with Gasteiger partial charge in [-0.25, -0.2) is 4.68 Å². The first-order chi connectivity index (χ1) is 11.7. The van der Waals surface area contributed by atoms with Crippen LogP contribution in [0.3, 0.4) is 0 Å². The van der Waals surface area contributed by atoms with E-state index >= 15 is 0 Å². The SMILES string of the molecule is COc1cc(OC)c2c(c1)ncc1c(C)nn(-c3ccccc3)c12.